The maximum absolute atomic E-state index is 10.4. The first-order chi connectivity index (χ1) is 8.91. The largest absolute Gasteiger partial charge is 0.393 e. The van der Waals surface area contributed by atoms with Crippen LogP contribution < -0.4 is 0 Å². The molecular weight excluding hydrogens is 236 g/mol. The maximum Gasteiger partial charge on any atom is 0.0975 e. The highest BCUT2D eigenvalue weighted by Gasteiger charge is 2.64. The van der Waals surface area contributed by atoms with Gasteiger partial charge in [-0.3, -0.25) is 0 Å². The topological polar surface area (TPSA) is 29.5 Å². The van der Waals surface area contributed by atoms with Crippen molar-refractivity contribution >= 4 is 0 Å². The third-order valence-corrected chi connectivity index (χ3v) is 6.69. The maximum atomic E-state index is 10.4. The second kappa shape index (κ2) is 3.35. The smallest absolute Gasteiger partial charge is 0.0975 e. The Morgan fingerprint density at radius 3 is 2.84 bits per heavy atom. The van der Waals surface area contributed by atoms with Gasteiger partial charge in [0.05, 0.1) is 17.3 Å². The number of ether oxygens (including phenoxy) is 1. The van der Waals surface area contributed by atoms with E-state index in [2.05, 4.69) is 32.9 Å². The molecule has 0 unspecified atom stereocenters. The fraction of sp³-hybridized carbons (Fsp3) is 0.765. The highest BCUT2D eigenvalue weighted by molar-refractivity contribution is 5.45. The van der Waals surface area contributed by atoms with Crippen LogP contribution in [0.1, 0.15) is 52.9 Å². The van der Waals surface area contributed by atoms with Gasteiger partial charge in [-0.1, -0.05) is 19.1 Å². The molecule has 2 fully saturated rings. The minimum absolute atomic E-state index is 0.0217. The van der Waals surface area contributed by atoms with Crippen LogP contribution in [0.4, 0.5) is 0 Å². The standard InChI is InChI=1S/C17H24O2/c1-11-10-12-6-7-15(2)13(4-5-14(15)18)17(12)9-8-16(11,3)19-17/h6,10,13-14,18H,4-5,7-9H2,1-3H3/t13-,14+,15+,16+,17-/m1/s1. The summed E-state index contributed by atoms with van der Waals surface area (Å²) in [5.41, 5.74) is 2.63. The van der Waals surface area contributed by atoms with Gasteiger partial charge in [-0.2, -0.15) is 0 Å². The zero-order valence-corrected chi connectivity index (χ0v) is 12.2. The van der Waals surface area contributed by atoms with Crippen LogP contribution in [0.15, 0.2) is 23.3 Å². The summed E-state index contributed by atoms with van der Waals surface area (Å²) in [7, 11) is 0. The Morgan fingerprint density at radius 2 is 2.05 bits per heavy atom. The van der Waals surface area contributed by atoms with Gasteiger partial charge in [0.2, 0.25) is 0 Å². The minimum Gasteiger partial charge on any atom is -0.393 e. The number of aliphatic hydroxyl groups is 1. The molecule has 1 spiro atoms. The van der Waals surface area contributed by atoms with Gasteiger partial charge in [0.25, 0.3) is 0 Å². The van der Waals surface area contributed by atoms with E-state index < -0.39 is 0 Å². The summed E-state index contributed by atoms with van der Waals surface area (Å²) in [5.74, 6) is 0.487. The van der Waals surface area contributed by atoms with Gasteiger partial charge in [0.15, 0.2) is 0 Å². The molecule has 1 saturated carbocycles. The van der Waals surface area contributed by atoms with E-state index in [1.165, 1.54) is 11.1 Å². The molecule has 1 N–H and O–H groups in total. The Kier molecular flexibility index (Phi) is 2.14. The number of hydrogen-bond acceptors (Lipinski definition) is 2. The molecule has 0 aromatic heterocycles. The van der Waals surface area contributed by atoms with Crippen LogP contribution in [0, 0.1) is 11.3 Å². The molecule has 0 radical (unpaired) electrons. The van der Waals surface area contributed by atoms with Crippen LogP contribution in [-0.2, 0) is 4.74 Å². The zero-order chi connectivity index (χ0) is 13.5. The summed E-state index contributed by atoms with van der Waals surface area (Å²) in [6, 6.07) is 0. The van der Waals surface area contributed by atoms with Crippen molar-refractivity contribution in [3.05, 3.63) is 23.3 Å². The van der Waals surface area contributed by atoms with Gasteiger partial charge in [-0.15, -0.1) is 0 Å². The van der Waals surface area contributed by atoms with Crippen molar-refractivity contribution in [3.63, 3.8) is 0 Å². The molecule has 2 bridgehead atoms. The number of fused-ring (bicyclic) bond motifs is 2. The Labute approximate surface area is 115 Å². The average molecular weight is 260 g/mol. The Morgan fingerprint density at radius 1 is 1.26 bits per heavy atom. The minimum atomic E-state index is -0.160. The third kappa shape index (κ3) is 1.25. The number of allylic oxidation sites excluding steroid dienone is 1. The van der Waals surface area contributed by atoms with E-state index in [0.29, 0.717) is 5.92 Å². The first-order valence-corrected chi connectivity index (χ1v) is 7.68. The zero-order valence-electron chi connectivity index (χ0n) is 12.2. The SMILES string of the molecule is CC1=CC2=CC[C@@]3(C)[C@@H](CC[C@@H]3O)[C@@]23CC[C@]1(C)O3. The fourth-order valence-corrected chi connectivity index (χ4v) is 5.19. The van der Waals surface area contributed by atoms with E-state index in [0.717, 1.165) is 32.1 Å². The molecule has 4 rings (SSSR count). The van der Waals surface area contributed by atoms with Crippen molar-refractivity contribution in [3.8, 4) is 0 Å². The third-order valence-electron chi connectivity index (χ3n) is 6.69. The van der Waals surface area contributed by atoms with Crippen LogP contribution in [-0.4, -0.2) is 22.4 Å². The lowest BCUT2D eigenvalue weighted by Gasteiger charge is -2.51. The molecule has 2 heteroatoms. The molecule has 0 amide bonds. The fourth-order valence-electron chi connectivity index (χ4n) is 5.19. The monoisotopic (exact) mass is 260 g/mol. The second-order valence-corrected chi connectivity index (χ2v) is 7.56. The van der Waals surface area contributed by atoms with Crippen molar-refractivity contribution in [1.82, 2.24) is 0 Å². The molecule has 104 valence electrons. The number of aliphatic hydroxyl groups excluding tert-OH is 1. The first-order valence-electron chi connectivity index (χ1n) is 7.68. The van der Waals surface area contributed by atoms with Crippen LogP contribution in [0.5, 0.6) is 0 Å². The van der Waals surface area contributed by atoms with Crippen LogP contribution >= 0.6 is 0 Å². The second-order valence-electron chi connectivity index (χ2n) is 7.56. The lowest BCUT2D eigenvalue weighted by molar-refractivity contribution is -0.129. The van der Waals surface area contributed by atoms with Crippen LogP contribution in [0.25, 0.3) is 0 Å². The van der Waals surface area contributed by atoms with Gasteiger partial charge >= 0.3 is 0 Å². The van der Waals surface area contributed by atoms with Crippen molar-refractivity contribution in [1.29, 1.82) is 0 Å². The van der Waals surface area contributed by atoms with Crippen molar-refractivity contribution < 1.29 is 9.84 Å². The lowest BCUT2D eigenvalue weighted by Crippen LogP contribution is -2.53. The summed E-state index contributed by atoms with van der Waals surface area (Å²) in [4.78, 5) is 0. The molecule has 5 atom stereocenters. The van der Waals surface area contributed by atoms with E-state index in [1.807, 2.05) is 0 Å². The molecule has 19 heavy (non-hydrogen) atoms. The van der Waals surface area contributed by atoms with E-state index in [9.17, 15) is 5.11 Å². The van der Waals surface area contributed by atoms with E-state index >= 15 is 0 Å². The van der Waals surface area contributed by atoms with Gasteiger partial charge in [-0.05, 0) is 57.1 Å². The molecule has 2 heterocycles. The van der Waals surface area contributed by atoms with Gasteiger partial charge in [0.1, 0.15) is 0 Å². The van der Waals surface area contributed by atoms with Crippen molar-refractivity contribution in [2.24, 2.45) is 11.3 Å². The molecule has 0 aromatic rings. The van der Waals surface area contributed by atoms with Crippen molar-refractivity contribution in [2.75, 3.05) is 0 Å². The summed E-state index contributed by atoms with van der Waals surface area (Å²) < 4.78 is 6.67. The Bertz CT molecular complexity index is 505. The Balaban J connectivity index is 1.88. The molecule has 2 nitrogen and oxygen atoms in total. The highest BCUT2D eigenvalue weighted by Crippen LogP contribution is 2.64. The van der Waals surface area contributed by atoms with Crippen molar-refractivity contribution in [2.45, 2.75) is 70.2 Å². The summed E-state index contributed by atoms with van der Waals surface area (Å²) in [6.07, 6.45) is 9.85. The molecule has 2 aliphatic carbocycles. The molecule has 0 aromatic carbocycles. The van der Waals surface area contributed by atoms with Gasteiger partial charge in [0, 0.05) is 11.3 Å². The normalized spacial score (nSPS) is 55.4. The Hall–Kier alpha value is -0.600. The first kappa shape index (κ1) is 12.2. The van der Waals surface area contributed by atoms with Crippen LogP contribution in [0.2, 0.25) is 0 Å². The van der Waals surface area contributed by atoms with Crippen LogP contribution in [0.3, 0.4) is 0 Å². The summed E-state index contributed by atoms with van der Waals surface area (Å²) in [5, 5.41) is 10.4. The molecule has 4 aliphatic rings. The molecule has 1 saturated heterocycles. The van der Waals surface area contributed by atoms with Gasteiger partial charge in [-0.25, -0.2) is 0 Å². The highest BCUT2D eigenvalue weighted by atomic mass is 16.5. The number of hydrogen-bond donors (Lipinski definition) is 1. The lowest BCUT2D eigenvalue weighted by atomic mass is 9.60. The quantitative estimate of drug-likeness (QED) is 0.723. The summed E-state index contributed by atoms with van der Waals surface area (Å²) in [6.45, 7) is 6.70. The number of rotatable bonds is 0. The molecular formula is C17H24O2. The predicted octanol–water partition coefficient (Wildman–Crippen LogP) is 3.36. The average Bonchev–Trinajstić information content (AvgIpc) is 2.83. The summed E-state index contributed by atoms with van der Waals surface area (Å²) >= 11 is 0. The molecule has 2 aliphatic heterocycles. The van der Waals surface area contributed by atoms with E-state index in [1.54, 1.807) is 0 Å². The predicted molar refractivity (Wildman–Crippen MR) is 74.7 cm³/mol. The van der Waals surface area contributed by atoms with Gasteiger partial charge < -0.3 is 9.84 Å². The van der Waals surface area contributed by atoms with E-state index in [-0.39, 0.29) is 22.7 Å². The van der Waals surface area contributed by atoms with E-state index in [4.69, 9.17) is 4.74 Å².